The van der Waals surface area contributed by atoms with Gasteiger partial charge >= 0.3 is 39.5 Å². The highest BCUT2D eigenvalue weighted by Gasteiger charge is 2.30. The number of phosphoric ester groups is 2. The van der Waals surface area contributed by atoms with Crippen LogP contribution in [-0.4, -0.2) is 96.7 Å². The molecule has 19 heteroatoms. The second kappa shape index (κ2) is 74.5. The molecule has 0 aliphatic rings. The van der Waals surface area contributed by atoms with Crippen LogP contribution in [-0.2, 0) is 65.4 Å². The second-order valence-electron chi connectivity index (χ2n) is 30.8. The number of aliphatic hydroxyl groups is 1. The number of aliphatic hydroxyl groups excluding tert-OH is 1. The summed E-state index contributed by atoms with van der Waals surface area (Å²) >= 11 is 0. The Morgan fingerprint density at radius 1 is 0.265 bits per heavy atom. The number of hydrogen-bond donors (Lipinski definition) is 3. The first-order valence-electron chi connectivity index (χ1n) is 43.0. The molecule has 2 unspecified atom stereocenters. The van der Waals surface area contributed by atoms with Crippen molar-refractivity contribution in [2.45, 2.75) is 458 Å². The van der Waals surface area contributed by atoms with E-state index in [4.69, 9.17) is 37.0 Å². The van der Waals surface area contributed by atoms with E-state index in [2.05, 4.69) is 41.5 Å². The molecule has 0 spiro atoms. The molecule has 3 N–H and O–H groups in total. The van der Waals surface area contributed by atoms with Crippen molar-refractivity contribution in [1.29, 1.82) is 0 Å². The van der Waals surface area contributed by atoms with Gasteiger partial charge < -0.3 is 33.8 Å². The maximum absolute atomic E-state index is 13.1. The van der Waals surface area contributed by atoms with Crippen LogP contribution in [0.25, 0.3) is 0 Å². The van der Waals surface area contributed by atoms with E-state index in [-0.39, 0.29) is 25.7 Å². The Bertz CT molecular complexity index is 1960. The Morgan fingerprint density at radius 2 is 0.451 bits per heavy atom. The van der Waals surface area contributed by atoms with E-state index in [1.54, 1.807) is 0 Å². The van der Waals surface area contributed by atoms with Gasteiger partial charge in [0.15, 0.2) is 12.2 Å². The van der Waals surface area contributed by atoms with Crippen molar-refractivity contribution < 1.29 is 80.2 Å². The van der Waals surface area contributed by atoms with Crippen LogP contribution in [0.15, 0.2) is 0 Å². The molecule has 0 aromatic rings. The maximum Gasteiger partial charge on any atom is 0.472 e. The van der Waals surface area contributed by atoms with E-state index in [0.29, 0.717) is 25.7 Å². The van der Waals surface area contributed by atoms with Gasteiger partial charge in [-0.3, -0.25) is 37.3 Å². The molecular weight excluding hydrogens is 1330 g/mol. The van der Waals surface area contributed by atoms with E-state index in [1.165, 1.54) is 257 Å². The Labute approximate surface area is 626 Å². The number of phosphoric acid groups is 2. The van der Waals surface area contributed by atoms with E-state index in [1.807, 2.05) is 0 Å². The first-order valence-corrected chi connectivity index (χ1v) is 46.0. The first kappa shape index (κ1) is 100. The fraction of sp³-hybridized carbons (Fsp3) is 0.952. The number of carbonyl (C=O) groups is 4. The Morgan fingerprint density at radius 3 is 0.667 bits per heavy atom. The molecule has 0 saturated heterocycles. The SMILES string of the molecule is CCCCCCCCCCCCCCCCCC(=O)OC[C@H](COP(=O)(O)OC[C@@H](O)COP(=O)(O)OC[C@@H](COC(=O)CCCCCCCCCCCCCCC)OC(=O)CCCCCCCCCCCCC(C)C)OC(=O)CCCCCCCCCCCCCCCCCCCCC(C)C. The molecule has 0 saturated carbocycles. The summed E-state index contributed by atoms with van der Waals surface area (Å²) in [5, 5.41) is 10.7. The number of ether oxygens (including phenoxy) is 4. The van der Waals surface area contributed by atoms with Crippen LogP contribution >= 0.6 is 15.6 Å². The molecule has 0 fully saturated rings. The zero-order valence-corrected chi connectivity index (χ0v) is 68.7. The van der Waals surface area contributed by atoms with Crippen molar-refractivity contribution in [3.63, 3.8) is 0 Å². The van der Waals surface area contributed by atoms with Gasteiger partial charge in [0, 0.05) is 25.7 Å². The molecule has 102 heavy (non-hydrogen) atoms. The average molecular weight is 1490 g/mol. The lowest BCUT2D eigenvalue weighted by Crippen LogP contribution is -2.30. The monoisotopic (exact) mass is 1490 g/mol. The predicted molar refractivity (Wildman–Crippen MR) is 418 cm³/mol. The van der Waals surface area contributed by atoms with E-state index < -0.39 is 97.5 Å². The van der Waals surface area contributed by atoms with Crippen molar-refractivity contribution in [1.82, 2.24) is 0 Å². The van der Waals surface area contributed by atoms with E-state index in [9.17, 15) is 43.2 Å². The summed E-state index contributed by atoms with van der Waals surface area (Å²) in [6, 6.07) is 0. The molecule has 0 amide bonds. The molecule has 0 aromatic heterocycles. The van der Waals surface area contributed by atoms with Crippen LogP contribution in [0.4, 0.5) is 0 Å². The van der Waals surface area contributed by atoms with Crippen LogP contribution in [0, 0.1) is 11.8 Å². The molecule has 606 valence electrons. The minimum absolute atomic E-state index is 0.107. The van der Waals surface area contributed by atoms with Crippen molar-refractivity contribution in [3.05, 3.63) is 0 Å². The zero-order valence-electron chi connectivity index (χ0n) is 66.9. The molecule has 17 nitrogen and oxygen atoms in total. The number of esters is 4. The van der Waals surface area contributed by atoms with E-state index >= 15 is 0 Å². The van der Waals surface area contributed by atoms with Crippen molar-refractivity contribution in [3.8, 4) is 0 Å². The highest BCUT2D eigenvalue weighted by molar-refractivity contribution is 7.47. The molecule has 5 atom stereocenters. The zero-order chi connectivity index (χ0) is 74.9. The van der Waals surface area contributed by atoms with Crippen LogP contribution in [0.1, 0.15) is 440 Å². The fourth-order valence-electron chi connectivity index (χ4n) is 12.9. The Balaban J connectivity index is 5.24. The minimum atomic E-state index is -4.96. The van der Waals surface area contributed by atoms with Crippen molar-refractivity contribution >= 4 is 39.5 Å². The molecule has 0 bridgehead atoms. The van der Waals surface area contributed by atoms with Crippen LogP contribution in [0.2, 0.25) is 0 Å². The van der Waals surface area contributed by atoms with Crippen LogP contribution < -0.4 is 0 Å². The van der Waals surface area contributed by atoms with Crippen molar-refractivity contribution in [2.75, 3.05) is 39.6 Å². The lowest BCUT2D eigenvalue weighted by atomic mass is 10.0. The third kappa shape index (κ3) is 76.3. The molecular formula is C83H162O17P2. The highest BCUT2D eigenvalue weighted by Crippen LogP contribution is 2.45. The summed E-state index contributed by atoms with van der Waals surface area (Å²) in [7, 11) is -9.92. The van der Waals surface area contributed by atoms with E-state index in [0.717, 1.165) is 102 Å². The largest absolute Gasteiger partial charge is 0.472 e. The standard InChI is InChI=1S/C83H162O17P2/c1-7-9-11-13-15-17-19-21-26-31-35-42-48-54-60-66-81(86)94-71-78(99-82(87)67-61-55-49-43-36-32-28-25-23-22-24-27-30-33-39-45-51-57-63-75(3)4)73-97-101(89,90)95-69-77(84)70-96-102(91,92)98-74-79(100-83(88)68-62-56-50-44-38-37-40-46-52-58-64-76(5)6)72-93-80(85)65-59-53-47-41-34-29-20-18-16-14-12-10-8-2/h75-79,84H,7-74H2,1-6H3,(H,89,90)(H,91,92)/t77-,78-,79-/m1/s1. The molecule has 0 aliphatic heterocycles. The lowest BCUT2D eigenvalue weighted by molar-refractivity contribution is -0.161. The third-order valence-corrected chi connectivity index (χ3v) is 21.4. The minimum Gasteiger partial charge on any atom is -0.462 e. The number of carbonyl (C=O) groups excluding carboxylic acids is 4. The molecule has 0 aliphatic carbocycles. The summed E-state index contributed by atoms with van der Waals surface area (Å²) in [5.74, 6) is -0.531. The molecule has 0 rings (SSSR count). The van der Waals surface area contributed by atoms with Crippen LogP contribution in [0.5, 0.6) is 0 Å². The smallest absolute Gasteiger partial charge is 0.462 e. The van der Waals surface area contributed by atoms with Gasteiger partial charge in [0.1, 0.15) is 19.3 Å². The normalized spacial score (nSPS) is 13.9. The number of unbranched alkanes of at least 4 members (excludes halogenated alkanes) is 52. The van der Waals surface area contributed by atoms with Gasteiger partial charge in [-0.1, -0.05) is 388 Å². The summed E-state index contributed by atoms with van der Waals surface area (Å²) in [6.07, 6.45) is 65.1. The Hall–Kier alpha value is -1.94. The first-order chi connectivity index (χ1) is 49.4. The molecule has 0 heterocycles. The summed E-state index contributed by atoms with van der Waals surface area (Å²) in [6.45, 7) is 9.68. The number of hydrogen-bond acceptors (Lipinski definition) is 15. The van der Waals surface area contributed by atoms with Gasteiger partial charge in [-0.2, -0.15) is 0 Å². The summed E-state index contributed by atoms with van der Waals surface area (Å²) in [5.41, 5.74) is 0. The second-order valence-corrected chi connectivity index (χ2v) is 33.7. The van der Waals surface area contributed by atoms with Crippen molar-refractivity contribution in [2.24, 2.45) is 11.8 Å². The van der Waals surface area contributed by atoms with Gasteiger partial charge in [0.25, 0.3) is 0 Å². The molecule has 0 aromatic carbocycles. The van der Waals surface area contributed by atoms with Gasteiger partial charge in [-0.15, -0.1) is 0 Å². The topological polar surface area (TPSA) is 237 Å². The van der Waals surface area contributed by atoms with Gasteiger partial charge in [0.05, 0.1) is 26.4 Å². The summed E-state index contributed by atoms with van der Waals surface area (Å²) in [4.78, 5) is 73.1. The highest BCUT2D eigenvalue weighted by atomic mass is 31.2. The predicted octanol–water partition coefficient (Wildman–Crippen LogP) is 25.1. The summed E-state index contributed by atoms with van der Waals surface area (Å²) < 4.78 is 68.8. The van der Waals surface area contributed by atoms with Gasteiger partial charge in [-0.05, 0) is 37.5 Å². The van der Waals surface area contributed by atoms with Gasteiger partial charge in [0.2, 0.25) is 0 Å². The van der Waals surface area contributed by atoms with Crippen LogP contribution in [0.3, 0.4) is 0 Å². The Kier molecular flexibility index (Phi) is 73.1. The maximum atomic E-state index is 13.1. The molecule has 0 radical (unpaired) electrons. The quantitative estimate of drug-likeness (QED) is 0.0222. The number of rotatable bonds is 82. The third-order valence-electron chi connectivity index (χ3n) is 19.5. The van der Waals surface area contributed by atoms with Gasteiger partial charge in [-0.25, -0.2) is 9.13 Å². The average Bonchev–Trinajstić information content (AvgIpc) is 0.944. The fourth-order valence-corrected chi connectivity index (χ4v) is 14.5. The lowest BCUT2D eigenvalue weighted by Gasteiger charge is -2.21.